The average molecular weight is 296 g/mol. The second-order valence-corrected chi connectivity index (χ2v) is 4.54. The van der Waals surface area contributed by atoms with E-state index in [9.17, 15) is 13.2 Å². The highest BCUT2D eigenvalue weighted by molar-refractivity contribution is 9.10. The molecule has 1 atom stereocenters. The summed E-state index contributed by atoms with van der Waals surface area (Å²) in [7, 11) is 0. The van der Waals surface area contributed by atoms with Crippen molar-refractivity contribution in [2.75, 3.05) is 0 Å². The van der Waals surface area contributed by atoms with E-state index in [4.69, 9.17) is 5.73 Å². The lowest BCUT2D eigenvalue weighted by Gasteiger charge is -2.18. The minimum Gasteiger partial charge on any atom is -0.324 e. The van der Waals surface area contributed by atoms with Gasteiger partial charge in [-0.15, -0.1) is 0 Å². The summed E-state index contributed by atoms with van der Waals surface area (Å²) in [5.74, 6) is 0. The van der Waals surface area contributed by atoms with Gasteiger partial charge in [-0.25, -0.2) is 0 Å². The van der Waals surface area contributed by atoms with Gasteiger partial charge in [-0.2, -0.15) is 13.2 Å². The molecule has 5 heteroatoms. The van der Waals surface area contributed by atoms with Gasteiger partial charge in [-0.05, 0) is 24.1 Å². The highest BCUT2D eigenvalue weighted by Gasteiger charge is 2.34. The molecule has 1 unspecified atom stereocenters. The summed E-state index contributed by atoms with van der Waals surface area (Å²) in [6.07, 6.45) is -3.05. The van der Waals surface area contributed by atoms with Crippen LogP contribution in [-0.4, -0.2) is 0 Å². The average Bonchev–Trinajstić information content (AvgIpc) is 2.16. The van der Waals surface area contributed by atoms with Gasteiger partial charge >= 0.3 is 6.18 Å². The van der Waals surface area contributed by atoms with E-state index in [1.807, 2.05) is 6.92 Å². The van der Waals surface area contributed by atoms with Gasteiger partial charge in [0.1, 0.15) is 0 Å². The van der Waals surface area contributed by atoms with Crippen LogP contribution in [0.4, 0.5) is 13.2 Å². The van der Waals surface area contributed by atoms with E-state index >= 15 is 0 Å². The SMILES string of the molecule is CCCC(N)c1ccc(Br)cc1C(F)(F)F. The van der Waals surface area contributed by atoms with E-state index in [2.05, 4.69) is 15.9 Å². The van der Waals surface area contributed by atoms with Gasteiger partial charge in [0.05, 0.1) is 5.56 Å². The van der Waals surface area contributed by atoms with Crippen molar-refractivity contribution < 1.29 is 13.2 Å². The second kappa shape index (κ2) is 5.19. The summed E-state index contributed by atoms with van der Waals surface area (Å²) in [5, 5.41) is 0. The van der Waals surface area contributed by atoms with E-state index < -0.39 is 17.8 Å². The van der Waals surface area contributed by atoms with Crippen molar-refractivity contribution in [3.63, 3.8) is 0 Å². The number of alkyl halides is 3. The Bertz CT molecular complexity index is 363. The van der Waals surface area contributed by atoms with E-state index in [0.29, 0.717) is 10.9 Å². The molecule has 2 N–H and O–H groups in total. The minimum absolute atomic E-state index is 0.164. The molecule has 1 aromatic rings. The Kier molecular flexibility index (Phi) is 4.38. The third-order valence-corrected chi connectivity index (χ3v) is 2.81. The Balaban J connectivity index is 3.18. The van der Waals surface area contributed by atoms with Crippen LogP contribution in [0.1, 0.15) is 36.9 Å². The van der Waals surface area contributed by atoms with E-state index in [-0.39, 0.29) is 5.56 Å². The molecule has 16 heavy (non-hydrogen) atoms. The largest absolute Gasteiger partial charge is 0.416 e. The van der Waals surface area contributed by atoms with Crippen LogP contribution >= 0.6 is 15.9 Å². The maximum atomic E-state index is 12.8. The van der Waals surface area contributed by atoms with Gasteiger partial charge in [0, 0.05) is 10.5 Å². The standard InChI is InChI=1S/C11H13BrF3N/c1-2-3-10(16)8-5-4-7(12)6-9(8)11(13,14)15/h4-6,10H,2-3,16H2,1H3. The van der Waals surface area contributed by atoms with Crippen molar-refractivity contribution in [2.45, 2.75) is 32.0 Å². The van der Waals surface area contributed by atoms with Gasteiger partial charge in [0.2, 0.25) is 0 Å². The van der Waals surface area contributed by atoms with E-state index in [1.54, 1.807) is 6.07 Å². The van der Waals surface area contributed by atoms with Crippen LogP contribution in [-0.2, 0) is 6.18 Å². The number of rotatable bonds is 3. The summed E-state index contributed by atoms with van der Waals surface area (Å²) in [6.45, 7) is 1.89. The second-order valence-electron chi connectivity index (χ2n) is 3.62. The summed E-state index contributed by atoms with van der Waals surface area (Å²) >= 11 is 3.04. The zero-order valence-corrected chi connectivity index (χ0v) is 10.4. The maximum Gasteiger partial charge on any atom is 0.416 e. The lowest BCUT2D eigenvalue weighted by molar-refractivity contribution is -0.138. The summed E-state index contributed by atoms with van der Waals surface area (Å²) in [6, 6.07) is 3.53. The van der Waals surface area contributed by atoms with Crippen molar-refractivity contribution in [3.8, 4) is 0 Å². The third kappa shape index (κ3) is 3.22. The summed E-state index contributed by atoms with van der Waals surface area (Å²) in [4.78, 5) is 0. The molecule has 0 radical (unpaired) electrons. The number of hydrogen-bond donors (Lipinski definition) is 1. The van der Waals surface area contributed by atoms with Crippen LogP contribution in [0.25, 0.3) is 0 Å². The van der Waals surface area contributed by atoms with Crippen molar-refractivity contribution in [2.24, 2.45) is 5.73 Å². The Hall–Kier alpha value is -0.550. The highest BCUT2D eigenvalue weighted by Crippen LogP contribution is 2.36. The summed E-state index contributed by atoms with van der Waals surface area (Å²) in [5.41, 5.74) is 5.25. The molecule has 0 aliphatic rings. The lowest BCUT2D eigenvalue weighted by Crippen LogP contribution is -2.17. The topological polar surface area (TPSA) is 26.0 Å². The molecule has 90 valence electrons. The Morgan fingerprint density at radius 1 is 1.38 bits per heavy atom. The zero-order valence-electron chi connectivity index (χ0n) is 8.81. The molecule has 0 saturated heterocycles. The first kappa shape index (κ1) is 13.5. The van der Waals surface area contributed by atoms with Crippen LogP contribution < -0.4 is 5.73 Å². The predicted molar refractivity (Wildman–Crippen MR) is 61.0 cm³/mol. The predicted octanol–water partition coefficient (Wildman–Crippen LogP) is 4.27. The Labute approximate surface area is 101 Å². The van der Waals surface area contributed by atoms with Crippen molar-refractivity contribution in [3.05, 3.63) is 33.8 Å². The molecule has 0 saturated carbocycles. The van der Waals surface area contributed by atoms with Crippen molar-refractivity contribution in [1.29, 1.82) is 0 Å². The first-order chi connectivity index (χ1) is 7.36. The molecule has 1 aromatic carbocycles. The van der Waals surface area contributed by atoms with E-state index in [1.165, 1.54) is 6.07 Å². The summed E-state index contributed by atoms with van der Waals surface area (Å²) < 4.78 is 38.7. The van der Waals surface area contributed by atoms with Gasteiger partial charge in [0.15, 0.2) is 0 Å². The molecule has 0 spiro atoms. The Morgan fingerprint density at radius 2 is 2.00 bits per heavy atom. The fourth-order valence-corrected chi connectivity index (χ4v) is 1.92. The first-order valence-electron chi connectivity index (χ1n) is 4.98. The smallest absolute Gasteiger partial charge is 0.324 e. The number of benzene rings is 1. The van der Waals surface area contributed by atoms with Crippen LogP contribution in [0.3, 0.4) is 0 Å². The van der Waals surface area contributed by atoms with Gasteiger partial charge < -0.3 is 5.73 Å². The molecule has 0 aliphatic heterocycles. The van der Waals surface area contributed by atoms with Crippen molar-refractivity contribution in [1.82, 2.24) is 0 Å². The maximum absolute atomic E-state index is 12.8. The molecular formula is C11H13BrF3N. The van der Waals surface area contributed by atoms with Gasteiger partial charge in [-0.3, -0.25) is 0 Å². The lowest BCUT2D eigenvalue weighted by atomic mass is 9.97. The van der Waals surface area contributed by atoms with Gasteiger partial charge in [-0.1, -0.05) is 35.3 Å². The molecule has 0 aromatic heterocycles. The molecule has 1 nitrogen and oxygen atoms in total. The molecule has 0 heterocycles. The van der Waals surface area contributed by atoms with Crippen LogP contribution in [0, 0.1) is 0 Å². The van der Waals surface area contributed by atoms with Crippen LogP contribution in [0.2, 0.25) is 0 Å². The van der Waals surface area contributed by atoms with Gasteiger partial charge in [0.25, 0.3) is 0 Å². The zero-order chi connectivity index (χ0) is 12.3. The normalized spacial score (nSPS) is 13.9. The number of halogens is 4. The fourth-order valence-electron chi connectivity index (χ4n) is 1.56. The highest BCUT2D eigenvalue weighted by atomic mass is 79.9. The molecule has 0 aliphatic carbocycles. The molecule has 0 amide bonds. The van der Waals surface area contributed by atoms with Crippen molar-refractivity contribution >= 4 is 15.9 Å². The molecular weight excluding hydrogens is 283 g/mol. The monoisotopic (exact) mass is 295 g/mol. The molecule has 1 rings (SSSR count). The Morgan fingerprint density at radius 3 is 2.50 bits per heavy atom. The number of hydrogen-bond acceptors (Lipinski definition) is 1. The third-order valence-electron chi connectivity index (χ3n) is 2.32. The number of nitrogens with two attached hydrogens (primary N) is 1. The minimum atomic E-state index is -4.36. The molecule has 0 fully saturated rings. The quantitative estimate of drug-likeness (QED) is 0.885. The van der Waals surface area contributed by atoms with E-state index in [0.717, 1.165) is 12.5 Å². The fraction of sp³-hybridized carbons (Fsp3) is 0.455. The first-order valence-corrected chi connectivity index (χ1v) is 5.77. The molecule has 0 bridgehead atoms. The van der Waals surface area contributed by atoms with Crippen LogP contribution in [0.5, 0.6) is 0 Å². The van der Waals surface area contributed by atoms with Crippen LogP contribution in [0.15, 0.2) is 22.7 Å².